The van der Waals surface area contributed by atoms with E-state index in [-0.39, 0.29) is 12.5 Å². The number of nitrogens with one attached hydrogen (secondary N) is 1. The molecule has 0 aliphatic carbocycles. The smallest absolute Gasteiger partial charge is 0.222 e. The maximum absolute atomic E-state index is 13.6. The normalized spacial score (nSPS) is 20.3. The van der Waals surface area contributed by atoms with Gasteiger partial charge in [-0.05, 0) is 62.6 Å². The fraction of sp³-hybridized carbons (Fsp3) is 0.711. The van der Waals surface area contributed by atoms with Crippen LogP contribution in [-0.2, 0) is 27.1 Å². The number of methoxy groups -OCH3 is 1. The minimum atomic E-state index is -1.13. The first kappa shape index (κ1) is 44.1. The highest BCUT2D eigenvalue weighted by Crippen LogP contribution is 2.24. The number of rotatable bonds is 30. The Morgan fingerprint density at radius 3 is 1.69 bits per heavy atom. The lowest BCUT2D eigenvalue weighted by molar-refractivity contribution is -0.259. The Bertz CT molecular complexity index is 1130. The van der Waals surface area contributed by atoms with E-state index < -0.39 is 30.6 Å². The molecule has 5 atom stereocenters. The Morgan fingerprint density at radius 2 is 1.17 bits per heavy atom. The SMILES string of the molecule is CCCCCCCCCCCCCCCCCC(=O)N(CCCCc1ccccc1)C[C@H]1O[C@H](OC)[C@@H](NCCCCc2ccccc2)[C@@H](O)[C@@H]1O. The van der Waals surface area contributed by atoms with E-state index >= 15 is 0 Å². The van der Waals surface area contributed by atoms with Crippen LogP contribution in [0.1, 0.15) is 146 Å². The minimum Gasteiger partial charge on any atom is -0.388 e. The molecule has 1 fully saturated rings. The Labute approximate surface area is 317 Å². The van der Waals surface area contributed by atoms with Gasteiger partial charge < -0.3 is 29.9 Å². The molecule has 0 spiro atoms. The van der Waals surface area contributed by atoms with Crippen molar-refractivity contribution < 1.29 is 24.5 Å². The number of benzene rings is 2. The average Bonchev–Trinajstić information content (AvgIpc) is 3.17. The summed E-state index contributed by atoms with van der Waals surface area (Å²) in [5, 5.41) is 25.8. The fourth-order valence-corrected chi connectivity index (χ4v) is 7.49. The molecule has 1 amide bonds. The van der Waals surface area contributed by atoms with Gasteiger partial charge in [0.15, 0.2) is 6.29 Å². The molecule has 0 radical (unpaired) electrons. The van der Waals surface area contributed by atoms with Crippen molar-refractivity contribution in [1.29, 1.82) is 0 Å². The molecule has 7 heteroatoms. The van der Waals surface area contributed by atoms with Crippen molar-refractivity contribution in [1.82, 2.24) is 10.2 Å². The number of unbranched alkanes of at least 4 members (excludes halogenated alkanes) is 16. The highest BCUT2D eigenvalue weighted by atomic mass is 16.7. The molecular formula is C45H74N2O5. The number of aryl methyl sites for hydroxylation is 2. The average molecular weight is 723 g/mol. The van der Waals surface area contributed by atoms with Gasteiger partial charge in [0.05, 0.1) is 6.04 Å². The number of hydrogen-bond donors (Lipinski definition) is 3. The van der Waals surface area contributed by atoms with Gasteiger partial charge in [-0.15, -0.1) is 0 Å². The third kappa shape index (κ3) is 18.2. The molecule has 0 bridgehead atoms. The van der Waals surface area contributed by atoms with Crippen molar-refractivity contribution in [2.24, 2.45) is 0 Å². The number of nitrogens with zero attached hydrogens (tertiary/aromatic N) is 1. The van der Waals surface area contributed by atoms with Gasteiger partial charge >= 0.3 is 0 Å². The van der Waals surface area contributed by atoms with E-state index in [4.69, 9.17) is 9.47 Å². The zero-order chi connectivity index (χ0) is 37.1. The van der Waals surface area contributed by atoms with Crippen molar-refractivity contribution in [3.8, 4) is 0 Å². The van der Waals surface area contributed by atoms with Crippen LogP contribution in [-0.4, -0.2) is 78.4 Å². The maximum atomic E-state index is 13.6. The number of amides is 1. The summed E-state index contributed by atoms with van der Waals surface area (Å²) in [6, 6.07) is 20.3. The van der Waals surface area contributed by atoms with E-state index in [2.05, 4.69) is 60.8 Å². The van der Waals surface area contributed by atoms with E-state index in [9.17, 15) is 15.0 Å². The molecule has 3 N–H and O–H groups in total. The summed E-state index contributed by atoms with van der Waals surface area (Å²) < 4.78 is 11.9. The number of carbonyl (C=O) groups excluding carboxylic acids is 1. The molecule has 294 valence electrons. The van der Waals surface area contributed by atoms with Gasteiger partial charge in [-0.25, -0.2) is 0 Å². The Balaban J connectivity index is 1.39. The number of ether oxygens (including phenoxy) is 2. The van der Waals surface area contributed by atoms with Gasteiger partial charge in [-0.3, -0.25) is 4.79 Å². The van der Waals surface area contributed by atoms with Crippen LogP contribution in [0, 0.1) is 0 Å². The first-order valence-electron chi connectivity index (χ1n) is 21.2. The lowest BCUT2D eigenvalue weighted by Gasteiger charge is -2.44. The van der Waals surface area contributed by atoms with Crippen LogP contribution < -0.4 is 5.32 Å². The van der Waals surface area contributed by atoms with Crippen molar-refractivity contribution in [2.75, 3.05) is 26.7 Å². The lowest BCUT2D eigenvalue weighted by atomic mass is 9.95. The Morgan fingerprint density at radius 1 is 0.673 bits per heavy atom. The van der Waals surface area contributed by atoms with Crippen LogP contribution in [0.15, 0.2) is 60.7 Å². The summed E-state index contributed by atoms with van der Waals surface area (Å²) in [6.45, 7) is 3.80. The summed E-state index contributed by atoms with van der Waals surface area (Å²) >= 11 is 0. The van der Waals surface area contributed by atoms with E-state index in [1.165, 1.54) is 94.6 Å². The third-order valence-corrected chi connectivity index (χ3v) is 10.8. The molecule has 2 aromatic rings. The van der Waals surface area contributed by atoms with Crippen LogP contribution in [0.25, 0.3) is 0 Å². The summed E-state index contributed by atoms with van der Waals surface area (Å²) in [6.07, 6.45) is 22.0. The molecule has 0 unspecified atom stereocenters. The van der Waals surface area contributed by atoms with Crippen LogP contribution in [0.3, 0.4) is 0 Å². The van der Waals surface area contributed by atoms with Crippen LogP contribution >= 0.6 is 0 Å². The monoisotopic (exact) mass is 723 g/mol. The van der Waals surface area contributed by atoms with Crippen molar-refractivity contribution >= 4 is 5.91 Å². The third-order valence-electron chi connectivity index (χ3n) is 10.8. The van der Waals surface area contributed by atoms with Gasteiger partial charge in [0, 0.05) is 26.6 Å². The van der Waals surface area contributed by atoms with Crippen LogP contribution in [0.2, 0.25) is 0 Å². The summed E-state index contributed by atoms with van der Waals surface area (Å²) in [5.41, 5.74) is 2.62. The standard InChI is InChI=1S/C45H74N2O5/c1-3-4-5-6-7-8-9-10-11-12-13-14-15-16-23-34-41(48)47(36-27-25-33-39-30-21-18-22-31-39)37-40-43(49)44(50)42(45(51-2)52-40)46-35-26-24-32-38-28-19-17-20-29-38/h17-22,28-31,40,42-46,49-50H,3-16,23-27,32-37H2,1-2H3/t40-,42+,43-,44-,45+/m1/s1. The molecule has 1 aliphatic rings. The van der Waals surface area contributed by atoms with Gasteiger partial charge in [-0.2, -0.15) is 0 Å². The van der Waals surface area contributed by atoms with Gasteiger partial charge in [0.25, 0.3) is 0 Å². The molecule has 0 saturated carbocycles. The van der Waals surface area contributed by atoms with Gasteiger partial charge in [0.2, 0.25) is 5.91 Å². The van der Waals surface area contributed by atoms with Crippen LogP contribution in [0.5, 0.6) is 0 Å². The molecule has 0 aromatic heterocycles. The van der Waals surface area contributed by atoms with Crippen molar-refractivity contribution in [3.63, 3.8) is 0 Å². The highest BCUT2D eigenvalue weighted by Gasteiger charge is 2.45. The van der Waals surface area contributed by atoms with E-state index in [1.54, 1.807) is 7.11 Å². The Kier molecular flexibility index (Phi) is 23.9. The minimum absolute atomic E-state index is 0.104. The number of hydrogen-bond acceptors (Lipinski definition) is 6. The molecular weight excluding hydrogens is 649 g/mol. The van der Waals surface area contributed by atoms with Crippen LogP contribution in [0.4, 0.5) is 0 Å². The zero-order valence-electron chi connectivity index (χ0n) is 32.9. The molecule has 3 rings (SSSR count). The fourth-order valence-electron chi connectivity index (χ4n) is 7.49. The summed E-state index contributed by atoms with van der Waals surface area (Å²) in [4.78, 5) is 15.5. The molecule has 2 aromatic carbocycles. The summed E-state index contributed by atoms with van der Waals surface area (Å²) in [7, 11) is 1.57. The quantitative estimate of drug-likeness (QED) is 0.0697. The Hall–Kier alpha value is -2.29. The highest BCUT2D eigenvalue weighted by molar-refractivity contribution is 5.76. The first-order chi connectivity index (χ1) is 25.5. The first-order valence-corrected chi connectivity index (χ1v) is 21.2. The van der Waals surface area contributed by atoms with E-state index in [0.29, 0.717) is 19.5 Å². The molecule has 7 nitrogen and oxygen atoms in total. The van der Waals surface area contributed by atoms with Gasteiger partial charge in [-0.1, -0.05) is 157 Å². The topological polar surface area (TPSA) is 91.3 Å². The molecule has 1 aliphatic heterocycles. The number of carbonyl (C=O) groups is 1. The largest absolute Gasteiger partial charge is 0.388 e. The predicted octanol–water partition coefficient (Wildman–Crippen LogP) is 9.17. The molecule has 1 saturated heterocycles. The van der Waals surface area contributed by atoms with Crippen molar-refractivity contribution in [2.45, 2.75) is 179 Å². The van der Waals surface area contributed by atoms with E-state index in [0.717, 1.165) is 51.4 Å². The second kappa shape index (κ2) is 28.2. The molecule has 1 heterocycles. The second-order valence-electron chi connectivity index (χ2n) is 15.2. The lowest BCUT2D eigenvalue weighted by Crippen LogP contribution is -2.65. The van der Waals surface area contributed by atoms with Crippen molar-refractivity contribution in [3.05, 3.63) is 71.8 Å². The maximum Gasteiger partial charge on any atom is 0.222 e. The predicted molar refractivity (Wildman–Crippen MR) is 214 cm³/mol. The zero-order valence-corrected chi connectivity index (χ0v) is 32.9. The number of aliphatic hydroxyl groups is 2. The molecule has 52 heavy (non-hydrogen) atoms. The second-order valence-corrected chi connectivity index (χ2v) is 15.2. The van der Waals surface area contributed by atoms with Gasteiger partial charge in [0.1, 0.15) is 18.3 Å². The number of aliphatic hydroxyl groups excluding tert-OH is 2. The summed E-state index contributed by atoms with van der Waals surface area (Å²) in [5.74, 6) is 0.104. The van der Waals surface area contributed by atoms with E-state index in [1.807, 2.05) is 17.0 Å².